The van der Waals surface area contributed by atoms with Crippen LogP contribution in [0, 0.1) is 0 Å². The van der Waals surface area contributed by atoms with E-state index >= 15 is 0 Å². The van der Waals surface area contributed by atoms with Gasteiger partial charge in [0.2, 0.25) is 0 Å². The van der Waals surface area contributed by atoms with Gasteiger partial charge in [-0.2, -0.15) is 13.5 Å². The maximum absolute atomic E-state index is 13.6. The van der Waals surface area contributed by atoms with Crippen molar-refractivity contribution in [2.24, 2.45) is 20.5 Å². The second-order valence-electron chi connectivity index (χ2n) is 9.88. The predicted octanol–water partition coefficient (Wildman–Crippen LogP) is -4.51. The first kappa shape index (κ1) is 43.8. The summed E-state index contributed by atoms with van der Waals surface area (Å²) in [6.07, 6.45) is 0. The van der Waals surface area contributed by atoms with E-state index in [0.29, 0.717) is 17.1 Å². The average Bonchev–Trinajstić information content (AvgIpc) is 3.06. The number of carbonyl (C=O) groups excluding carboxylic acids is 2. The Labute approximate surface area is 357 Å². The SMILES string of the molecule is COc1cc(N=Nc2c(S(=O)(=O)O)cc3ccc(Nc4ccc(C(=O)[O-])cc4)cc3c2[O-])c(OC)cc1N=Nc1ccc(C(=O)[O-])cc1.[Na+].[Na+].[Na+]. The first-order valence-electron chi connectivity index (χ1n) is 13.6. The number of benzene rings is 5. The molecule has 0 aromatic heterocycles. The number of fused-ring (bicyclic) bond motifs is 1. The second kappa shape index (κ2) is 18.9. The number of carboxylic acids is 2. The molecule has 0 aliphatic carbocycles. The fourth-order valence-corrected chi connectivity index (χ4v) is 5.11. The zero-order chi connectivity index (χ0) is 34.6. The van der Waals surface area contributed by atoms with Gasteiger partial charge in [0.1, 0.15) is 27.8 Å². The van der Waals surface area contributed by atoms with Gasteiger partial charge in [-0.1, -0.05) is 36.1 Å². The van der Waals surface area contributed by atoms with Crippen LogP contribution in [0.5, 0.6) is 17.2 Å². The molecule has 0 spiro atoms. The van der Waals surface area contributed by atoms with Crippen LogP contribution in [-0.2, 0) is 10.1 Å². The van der Waals surface area contributed by atoms with Crippen LogP contribution in [0.4, 0.5) is 34.1 Å². The smallest absolute Gasteiger partial charge is 0.871 e. The van der Waals surface area contributed by atoms with Gasteiger partial charge in [-0.25, -0.2) is 0 Å². The van der Waals surface area contributed by atoms with Crippen molar-refractivity contribution in [1.29, 1.82) is 0 Å². The van der Waals surface area contributed by atoms with Crippen molar-refractivity contribution >= 4 is 67.0 Å². The fraction of sp³-hybridized carbons (Fsp3) is 0.0625. The van der Waals surface area contributed by atoms with Gasteiger partial charge in [0.05, 0.1) is 37.5 Å². The second-order valence-corrected chi connectivity index (χ2v) is 11.3. The molecule has 5 rings (SSSR count). The summed E-state index contributed by atoms with van der Waals surface area (Å²) >= 11 is 0. The van der Waals surface area contributed by atoms with Crippen LogP contribution in [0.3, 0.4) is 0 Å². The number of nitrogens with zero attached hydrogens (tertiary/aromatic N) is 4. The monoisotopic (exact) mass is 737 g/mol. The van der Waals surface area contributed by atoms with E-state index in [-0.39, 0.29) is 133 Å². The first-order valence-corrected chi connectivity index (χ1v) is 15.1. The topological polar surface area (TPSA) is 238 Å². The molecule has 0 amide bonds. The van der Waals surface area contributed by atoms with Crippen molar-refractivity contribution in [2.45, 2.75) is 4.90 Å². The van der Waals surface area contributed by atoms with E-state index in [0.717, 1.165) is 6.07 Å². The number of methoxy groups -OCH3 is 2. The van der Waals surface area contributed by atoms with Gasteiger partial charge in [-0.3, -0.25) is 4.55 Å². The number of hydrogen-bond acceptors (Lipinski definition) is 14. The molecule has 51 heavy (non-hydrogen) atoms. The largest absolute Gasteiger partial charge is 1.00 e. The standard InChI is InChI=1S/C32H25N5O10S.3Na/c1-46-26-16-25(27(47-2)15-24(26)35-34-21-10-5-18(6-11-21)32(41)42)36-37-29-28(48(43,44)45)13-19-7-12-22(14-23(19)30(29)38)33-20-8-3-17(4-9-20)31(39)40;;;/h3-16,33,38H,1-2H3,(H,39,40)(H,41,42)(H,43,44,45);;;/q;3*+1/p-3. The van der Waals surface area contributed by atoms with Crippen LogP contribution >= 0.6 is 0 Å². The van der Waals surface area contributed by atoms with E-state index < -0.39 is 38.4 Å². The summed E-state index contributed by atoms with van der Waals surface area (Å²) in [5, 5.41) is 55.0. The molecule has 0 radical (unpaired) electrons. The average molecular weight is 738 g/mol. The summed E-state index contributed by atoms with van der Waals surface area (Å²) in [6.45, 7) is 0. The van der Waals surface area contributed by atoms with Crippen molar-refractivity contribution in [3.05, 3.63) is 96.1 Å². The summed E-state index contributed by atoms with van der Waals surface area (Å²) in [5.41, 5.74) is 0.688. The molecule has 0 aliphatic heterocycles. The van der Waals surface area contributed by atoms with Crippen LogP contribution in [0.15, 0.2) is 110 Å². The van der Waals surface area contributed by atoms with Gasteiger partial charge < -0.3 is 39.7 Å². The molecule has 0 unspecified atom stereocenters. The number of anilines is 2. The number of rotatable bonds is 11. The number of aromatic carboxylic acids is 2. The van der Waals surface area contributed by atoms with Crippen LogP contribution in [-0.4, -0.2) is 39.1 Å². The molecular weight excluding hydrogens is 715 g/mol. The molecule has 0 heterocycles. The summed E-state index contributed by atoms with van der Waals surface area (Å²) in [6, 6.07) is 19.4. The van der Waals surface area contributed by atoms with E-state index in [1.54, 1.807) is 6.07 Å². The Kier molecular flexibility index (Phi) is 16.2. The molecule has 2 N–H and O–H groups in total. The van der Waals surface area contributed by atoms with E-state index in [4.69, 9.17) is 9.47 Å². The molecule has 0 aliphatic rings. The van der Waals surface area contributed by atoms with Gasteiger partial charge in [-0.05, 0) is 64.4 Å². The van der Waals surface area contributed by atoms with Crippen LogP contribution in [0.1, 0.15) is 20.7 Å². The maximum Gasteiger partial charge on any atom is 1.00 e. The summed E-state index contributed by atoms with van der Waals surface area (Å²) < 4.78 is 45.3. The van der Waals surface area contributed by atoms with E-state index in [1.807, 2.05) is 0 Å². The number of nitrogens with one attached hydrogen (secondary N) is 1. The van der Waals surface area contributed by atoms with Crippen LogP contribution < -0.4 is 119 Å². The van der Waals surface area contributed by atoms with Gasteiger partial charge in [0.25, 0.3) is 10.1 Å². The Balaban J connectivity index is 0.00000300. The molecule has 0 saturated heterocycles. The Morgan fingerprint density at radius 1 is 0.686 bits per heavy atom. The molecular formula is C32H22N5Na3O10S. The maximum atomic E-state index is 13.6. The van der Waals surface area contributed by atoms with Crippen LogP contribution in [0.2, 0.25) is 0 Å². The third-order valence-corrected chi connectivity index (χ3v) is 7.70. The summed E-state index contributed by atoms with van der Waals surface area (Å²) in [5.74, 6) is -3.32. The fourth-order valence-electron chi connectivity index (χ4n) is 4.45. The van der Waals surface area contributed by atoms with Gasteiger partial charge in [-0.15, -0.1) is 15.3 Å². The summed E-state index contributed by atoms with van der Waals surface area (Å²) in [4.78, 5) is 21.2. The van der Waals surface area contributed by atoms with Gasteiger partial charge in [0.15, 0.2) is 0 Å². The molecule has 15 nitrogen and oxygen atoms in total. The van der Waals surface area contributed by atoms with Crippen molar-refractivity contribution in [2.75, 3.05) is 19.5 Å². The minimum Gasteiger partial charge on any atom is -0.871 e. The van der Waals surface area contributed by atoms with Crippen molar-refractivity contribution in [1.82, 2.24) is 0 Å². The first-order chi connectivity index (χ1) is 22.9. The van der Waals surface area contributed by atoms with Crippen LogP contribution in [0.25, 0.3) is 10.8 Å². The quantitative estimate of drug-likeness (QED) is 0.0744. The number of carbonyl (C=O) groups is 2. The van der Waals surface area contributed by atoms with E-state index in [1.165, 1.54) is 87.0 Å². The van der Waals surface area contributed by atoms with E-state index in [9.17, 15) is 37.9 Å². The Hall–Kier alpha value is -3.39. The molecule has 5 aromatic rings. The number of ether oxygens (including phenoxy) is 2. The molecule has 0 bridgehead atoms. The normalized spacial score (nSPS) is 11.0. The van der Waals surface area contributed by atoms with Gasteiger partial charge >= 0.3 is 88.7 Å². The molecule has 0 fully saturated rings. The Morgan fingerprint density at radius 2 is 1.18 bits per heavy atom. The van der Waals surface area contributed by atoms with Crippen molar-refractivity contribution < 1.29 is 136 Å². The Morgan fingerprint density at radius 3 is 1.67 bits per heavy atom. The molecule has 244 valence electrons. The number of hydrogen-bond donors (Lipinski definition) is 2. The van der Waals surface area contributed by atoms with Crippen molar-refractivity contribution in [3.8, 4) is 17.2 Å². The zero-order valence-electron chi connectivity index (χ0n) is 27.9. The minimum absolute atomic E-state index is 0. The zero-order valence-corrected chi connectivity index (χ0v) is 34.7. The molecule has 0 saturated carbocycles. The molecule has 19 heteroatoms. The van der Waals surface area contributed by atoms with Crippen molar-refractivity contribution in [3.63, 3.8) is 0 Å². The molecule has 0 atom stereocenters. The Bertz CT molecular complexity index is 2240. The number of carboxylic acid groups (broad SMARTS) is 2. The van der Waals surface area contributed by atoms with E-state index in [2.05, 4.69) is 25.8 Å². The summed E-state index contributed by atoms with van der Waals surface area (Å²) in [7, 11) is -2.28. The third-order valence-electron chi connectivity index (χ3n) is 6.83. The minimum atomic E-state index is -4.94. The predicted molar refractivity (Wildman–Crippen MR) is 166 cm³/mol. The third kappa shape index (κ3) is 10.6. The van der Waals surface area contributed by atoms with Gasteiger partial charge in [0, 0.05) is 23.5 Å². The molecule has 5 aromatic carbocycles. The number of azo groups is 2.